The zero-order chi connectivity index (χ0) is 9.60. The van der Waals surface area contributed by atoms with E-state index in [1.54, 1.807) is 0 Å². The van der Waals surface area contributed by atoms with E-state index < -0.39 is 0 Å². The van der Waals surface area contributed by atoms with E-state index in [4.69, 9.17) is 4.74 Å². The summed E-state index contributed by atoms with van der Waals surface area (Å²) >= 11 is 0. The van der Waals surface area contributed by atoms with Gasteiger partial charge in [0, 0.05) is 43.4 Å². The van der Waals surface area contributed by atoms with Crippen LogP contribution in [0.5, 0.6) is 0 Å². The predicted octanol–water partition coefficient (Wildman–Crippen LogP) is 0.471. The second-order valence-corrected chi connectivity index (χ2v) is 4.43. The molecule has 2 atom stereocenters. The van der Waals surface area contributed by atoms with Crippen molar-refractivity contribution in [3.05, 3.63) is 18.0 Å². The highest BCUT2D eigenvalue weighted by molar-refractivity contribution is 5.21. The summed E-state index contributed by atoms with van der Waals surface area (Å²) in [6, 6.07) is 0.457. The fourth-order valence-corrected chi connectivity index (χ4v) is 2.54. The van der Waals surface area contributed by atoms with Gasteiger partial charge in [0.25, 0.3) is 0 Å². The molecule has 0 radical (unpaired) electrons. The Kier molecular flexibility index (Phi) is 1.69. The summed E-state index contributed by atoms with van der Waals surface area (Å²) < 4.78 is 7.35. The minimum absolute atomic E-state index is 0.364. The molecule has 1 spiro atoms. The molecule has 2 aliphatic heterocycles. The lowest BCUT2D eigenvalue weighted by Gasteiger charge is -2.46. The Morgan fingerprint density at radius 1 is 1.71 bits per heavy atom. The van der Waals surface area contributed by atoms with Gasteiger partial charge in [-0.15, -0.1) is 0 Å². The minimum atomic E-state index is 0.364. The van der Waals surface area contributed by atoms with Crippen molar-refractivity contribution in [1.82, 2.24) is 15.1 Å². The van der Waals surface area contributed by atoms with Crippen molar-refractivity contribution in [2.75, 3.05) is 19.8 Å². The largest absolute Gasteiger partial charge is 0.381 e. The summed E-state index contributed by atoms with van der Waals surface area (Å²) in [5, 5.41) is 7.68. The third-order valence-electron chi connectivity index (χ3n) is 3.46. The van der Waals surface area contributed by atoms with Crippen LogP contribution in [0.15, 0.2) is 12.4 Å². The van der Waals surface area contributed by atoms with Crippen molar-refractivity contribution in [3.8, 4) is 0 Å². The highest BCUT2D eigenvalue weighted by atomic mass is 16.5. The average Bonchev–Trinajstić information content (AvgIpc) is 2.73. The van der Waals surface area contributed by atoms with Crippen LogP contribution in [-0.2, 0) is 11.8 Å². The van der Waals surface area contributed by atoms with Crippen molar-refractivity contribution < 1.29 is 4.74 Å². The summed E-state index contributed by atoms with van der Waals surface area (Å²) in [5.74, 6) is 0. The van der Waals surface area contributed by atoms with Crippen LogP contribution in [0.1, 0.15) is 18.0 Å². The van der Waals surface area contributed by atoms with Crippen LogP contribution in [0.3, 0.4) is 0 Å². The zero-order valence-electron chi connectivity index (χ0n) is 8.36. The lowest BCUT2D eigenvalue weighted by Crippen LogP contribution is -2.56. The molecule has 0 saturated carbocycles. The highest BCUT2D eigenvalue weighted by Crippen LogP contribution is 2.46. The smallest absolute Gasteiger partial charge is 0.0553 e. The number of ether oxygens (including phenoxy) is 1. The van der Waals surface area contributed by atoms with Crippen LogP contribution in [-0.4, -0.2) is 29.5 Å². The molecule has 4 nitrogen and oxygen atoms in total. The normalized spacial score (nSPS) is 36.2. The molecule has 1 aromatic heterocycles. The molecule has 2 saturated heterocycles. The number of rotatable bonds is 1. The molecular formula is C10H15N3O. The van der Waals surface area contributed by atoms with Gasteiger partial charge in [0.05, 0.1) is 12.8 Å². The number of hydrogen-bond acceptors (Lipinski definition) is 3. The van der Waals surface area contributed by atoms with Crippen LogP contribution in [0.2, 0.25) is 0 Å². The number of nitrogens with zero attached hydrogens (tertiary/aromatic N) is 2. The topological polar surface area (TPSA) is 39.1 Å². The van der Waals surface area contributed by atoms with Crippen LogP contribution in [0.4, 0.5) is 0 Å². The second-order valence-electron chi connectivity index (χ2n) is 4.43. The standard InChI is InChI=1S/C10H15N3O/c1-13-5-8(4-12-13)9-10(6-11-9)2-3-14-7-10/h4-5,9,11H,2-3,6-7H2,1H3/t9-,10+/m1/s1. The molecule has 0 aliphatic carbocycles. The van der Waals surface area contributed by atoms with Gasteiger partial charge >= 0.3 is 0 Å². The highest BCUT2D eigenvalue weighted by Gasteiger charge is 2.50. The van der Waals surface area contributed by atoms with Gasteiger partial charge in [-0.1, -0.05) is 0 Å². The molecular weight excluding hydrogens is 178 g/mol. The molecule has 0 amide bonds. The Hall–Kier alpha value is -0.870. The Labute approximate surface area is 83.2 Å². The van der Waals surface area contributed by atoms with E-state index >= 15 is 0 Å². The van der Waals surface area contributed by atoms with E-state index in [0.717, 1.165) is 19.8 Å². The van der Waals surface area contributed by atoms with Crippen LogP contribution in [0.25, 0.3) is 0 Å². The maximum Gasteiger partial charge on any atom is 0.0553 e. The molecule has 0 unspecified atom stereocenters. The first-order valence-corrected chi connectivity index (χ1v) is 5.10. The Balaban J connectivity index is 1.86. The molecule has 1 N–H and O–H groups in total. The van der Waals surface area contributed by atoms with Gasteiger partial charge in [-0.2, -0.15) is 5.10 Å². The number of hydrogen-bond donors (Lipinski definition) is 1. The molecule has 76 valence electrons. The van der Waals surface area contributed by atoms with Crippen molar-refractivity contribution in [2.45, 2.75) is 12.5 Å². The van der Waals surface area contributed by atoms with Gasteiger partial charge in [0.15, 0.2) is 0 Å². The molecule has 0 bridgehead atoms. The van der Waals surface area contributed by atoms with Crippen LogP contribution >= 0.6 is 0 Å². The van der Waals surface area contributed by atoms with Gasteiger partial charge in [-0.3, -0.25) is 4.68 Å². The Morgan fingerprint density at radius 2 is 2.64 bits per heavy atom. The number of nitrogens with one attached hydrogen (secondary N) is 1. The van der Waals surface area contributed by atoms with Crippen molar-refractivity contribution in [1.29, 1.82) is 0 Å². The van der Waals surface area contributed by atoms with Crippen LogP contribution < -0.4 is 5.32 Å². The molecule has 2 fully saturated rings. The third-order valence-corrected chi connectivity index (χ3v) is 3.46. The molecule has 14 heavy (non-hydrogen) atoms. The summed E-state index contributed by atoms with van der Waals surface area (Å²) in [4.78, 5) is 0. The average molecular weight is 193 g/mol. The second kappa shape index (κ2) is 2.81. The van der Waals surface area contributed by atoms with Crippen LogP contribution in [0, 0.1) is 5.41 Å². The number of aryl methyl sites for hydroxylation is 1. The summed E-state index contributed by atoms with van der Waals surface area (Å²) in [6.45, 7) is 2.91. The number of aromatic nitrogens is 2. The van der Waals surface area contributed by atoms with E-state index in [9.17, 15) is 0 Å². The molecule has 1 aromatic rings. The van der Waals surface area contributed by atoms with Gasteiger partial charge < -0.3 is 10.1 Å². The van der Waals surface area contributed by atoms with Gasteiger partial charge in [0.1, 0.15) is 0 Å². The zero-order valence-corrected chi connectivity index (χ0v) is 8.36. The third kappa shape index (κ3) is 1.04. The van der Waals surface area contributed by atoms with Gasteiger partial charge in [-0.25, -0.2) is 0 Å². The fraction of sp³-hybridized carbons (Fsp3) is 0.700. The first-order chi connectivity index (χ1) is 6.80. The van der Waals surface area contributed by atoms with Crippen molar-refractivity contribution in [3.63, 3.8) is 0 Å². The van der Waals surface area contributed by atoms with Gasteiger partial charge in [0.2, 0.25) is 0 Å². The maximum absolute atomic E-state index is 5.49. The molecule has 3 heterocycles. The molecule has 4 heteroatoms. The molecule has 3 rings (SSSR count). The summed E-state index contributed by atoms with van der Waals surface area (Å²) in [7, 11) is 1.96. The molecule has 2 aliphatic rings. The van der Waals surface area contributed by atoms with Gasteiger partial charge in [-0.05, 0) is 6.42 Å². The minimum Gasteiger partial charge on any atom is -0.381 e. The maximum atomic E-state index is 5.49. The summed E-state index contributed by atoms with van der Waals surface area (Å²) in [6.07, 6.45) is 5.23. The van der Waals surface area contributed by atoms with E-state index in [1.807, 2.05) is 17.9 Å². The van der Waals surface area contributed by atoms with Crippen molar-refractivity contribution in [2.24, 2.45) is 12.5 Å². The lowest BCUT2D eigenvalue weighted by atomic mass is 9.71. The predicted molar refractivity (Wildman–Crippen MR) is 51.8 cm³/mol. The Morgan fingerprint density at radius 3 is 3.14 bits per heavy atom. The fourth-order valence-electron chi connectivity index (χ4n) is 2.54. The Bertz CT molecular complexity index is 341. The monoisotopic (exact) mass is 193 g/mol. The first kappa shape index (κ1) is 8.44. The summed E-state index contributed by atoms with van der Waals surface area (Å²) in [5.41, 5.74) is 1.66. The molecule has 0 aromatic carbocycles. The van der Waals surface area contributed by atoms with E-state index in [-0.39, 0.29) is 0 Å². The van der Waals surface area contributed by atoms with Crippen molar-refractivity contribution >= 4 is 0 Å². The lowest BCUT2D eigenvalue weighted by molar-refractivity contribution is 0.0577. The first-order valence-electron chi connectivity index (χ1n) is 5.10. The van der Waals surface area contributed by atoms with E-state index in [0.29, 0.717) is 11.5 Å². The SMILES string of the molecule is Cn1cc([C@H]2NC[C@]23CCOC3)cn1. The van der Waals surface area contributed by atoms with E-state index in [1.165, 1.54) is 12.0 Å². The quantitative estimate of drug-likeness (QED) is 0.704. The van der Waals surface area contributed by atoms with E-state index in [2.05, 4.69) is 16.6 Å².